The second-order valence-electron chi connectivity index (χ2n) is 9.60. The molecule has 0 aliphatic heterocycles. The van der Waals surface area contributed by atoms with Crippen molar-refractivity contribution in [2.45, 2.75) is 38.5 Å². The highest BCUT2D eigenvalue weighted by molar-refractivity contribution is 5.90. The zero-order chi connectivity index (χ0) is 24.8. The topological polar surface area (TPSA) is 70.2 Å². The summed E-state index contributed by atoms with van der Waals surface area (Å²) in [5.41, 5.74) is 1.55. The summed E-state index contributed by atoms with van der Waals surface area (Å²) in [7, 11) is 3.97. The molecule has 0 saturated heterocycles. The molecular formula is C27H33F2N5O. The maximum Gasteiger partial charge on any atom is 0.225 e. The Bertz CT molecular complexity index is 1160. The fourth-order valence-electron chi connectivity index (χ4n) is 4.65. The van der Waals surface area contributed by atoms with Gasteiger partial charge in [-0.15, -0.1) is 0 Å². The van der Waals surface area contributed by atoms with Crippen molar-refractivity contribution < 1.29 is 13.6 Å². The molecule has 0 spiro atoms. The molecular weight excluding hydrogens is 448 g/mol. The molecule has 8 heteroatoms. The number of aryl methyl sites for hydroxylation is 1. The molecule has 0 radical (unpaired) electrons. The Morgan fingerprint density at radius 2 is 1.69 bits per heavy atom. The van der Waals surface area contributed by atoms with Crippen molar-refractivity contribution >= 4 is 28.6 Å². The van der Waals surface area contributed by atoms with Crippen LogP contribution in [0.5, 0.6) is 0 Å². The van der Waals surface area contributed by atoms with E-state index in [-0.39, 0.29) is 12.3 Å². The summed E-state index contributed by atoms with van der Waals surface area (Å²) in [4.78, 5) is 23.6. The van der Waals surface area contributed by atoms with Gasteiger partial charge < -0.3 is 15.5 Å². The van der Waals surface area contributed by atoms with Crippen LogP contribution in [-0.4, -0.2) is 43.1 Å². The van der Waals surface area contributed by atoms with Crippen LogP contribution >= 0.6 is 0 Å². The molecule has 0 unspecified atom stereocenters. The van der Waals surface area contributed by atoms with Gasteiger partial charge in [0.1, 0.15) is 5.82 Å². The highest BCUT2D eigenvalue weighted by Gasteiger charge is 2.22. The first-order valence-electron chi connectivity index (χ1n) is 12.3. The number of hydrogen-bond donors (Lipinski definition) is 2. The van der Waals surface area contributed by atoms with Gasteiger partial charge in [0, 0.05) is 39.0 Å². The molecule has 35 heavy (non-hydrogen) atoms. The van der Waals surface area contributed by atoms with Crippen LogP contribution in [0.4, 0.5) is 20.5 Å². The number of carbonyl (C=O) groups excluding carboxylic acids is 1. The third kappa shape index (κ3) is 6.65. The Kier molecular flexibility index (Phi) is 8.10. The average molecular weight is 482 g/mol. The van der Waals surface area contributed by atoms with Gasteiger partial charge in [-0.3, -0.25) is 4.79 Å². The normalized spacial score (nSPS) is 17.8. The van der Waals surface area contributed by atoms with E-state index < -0.39 is 11.6 Å². The number of carbonyl (C=O) groups is 1. The molecule has 1 heterocycles. The van der Waals surface area contributed by atoms with Gasteiger partial charge in [-0.25, -0.2) is 13.8 Å². The number of para-hydroxylation sites is 1. The van der Waals surface area contributed by atoms with E-state index in [0.29, 0.717) is 36.3 Å². The van der Waals surface area contributed by atoms with E-state index in [2.05, 4.69) is 15.6 Å². The lowest BCUT2D eigenvalue weighted by molar-refractivity contribution is -0.121. The molecule has 1 saturated carbocycles. The zero-order valence-electron chi connectivity index (χ0n) is 20.4. The van der Waals surface area contributed by atoms with Crippen LogP contribution in [0, 0.1) is 23.5 Å². The van der Waals surface area contributed by atoms with Crippen LogP contribution in [0.3, 0.4) is 0 Å². The minimum Gasteiger partial charge on any atom is -0.362 e. The third-order valence-corrected chi connectivity index (χ3v) is 6.73. The minimum absolute atomic E-state index is 0.0522. The molecule has 2 N–H and O–H groups in total. The Morgan fingerprint density at radius 3 is 2.40 bits per heavy atom. The first-order valence-corrected chi connectivity index (χ1v) is 12.3. The molecule has 2 aromatic carbocycles. The Hall–Kier alpha value is -3.29. The molecule has 1 aliphatic carbocycles. The number of nitrogens with zero attached hydrogens (tertiary/aromatic N) is 3. The predicted octanol–water partition coefficient (Wildman–Crippen LogP) is 4.94. The summed E-state index contributed by atoms with van der Waals surface area (Å²) in [6.45, 7) is 1.50. The van der Waals surface area contributed by atoms with Crippen molar-refractivity contribution in [3.05, 3.63) is 59.7 Å². The molecule has 1 amide bonds. The quantitative estimate of drug-likeness (QED) is 0.453. The monoisotopic (exact) mass is 481 g/mol. The van der Waals surface area contributed by atoms with E-state index in [1.807, 2.05) is 43.3 Å². The molecule has 1 aliphatic rings. The molecule has 1 aromatic heterocycles. The smallest absolute Gasteiger partial charge is 0.225 e. The number of aromatic nitrogens is 2. The molecule has 1 fully saturated rings. The van der Waals surface area contributed by atoms with E-state index >= 15 is 0 Å². The molecule has 6 nitrogen and oxygen atoms in total. The SMILES string of the molecule is CN(C)c1nc(NCC2CCC(CNC(=O)CCc3ccc(F)c(F)c3)CC2)nc2ccccc12. The average Bonchev–Trinajstić information content (AvgIpc) is 2.87. The van der Waals surface area contributed by atoms with E-state index in [9.17, 15) is 13.6 Å². The fraction of sp³-hybridized carbons (Fsp3) is 0.444. The van der Waals surface area contributed by atoms with Crippen molar-refractivity contribution in [2.24, 2.45) is 11.8 Å². The van der Waals surface area contributed by atoms with Crippen molar-refractivity contribution in [3.63, 3.8) is 0 Å². The number of nitrogens with one attached hydrogen (secondary N) is 2. The van der Waals surface area contributed by atoms with E-state index in [1.54, 1.807) is 0 Å². The highest BCUT2D eigenvalue weighted by Crippen LogP contribution is 2.29. The standard InChI is InChI=1S/C27H33F2N5O/c1-34(2)26-21-5-3-4-6-24(21)32-27(33-26)31-17-20-9-7-19(8-10-20)16-30-25(35)14-12-18-11-13-22(28)23(29)15-18/h3-6,11,13,15,19-20H,7-10,12,14,16-17H2,1-2H3,(H,30,35)(H,31,32,33). The van der Waals surface area contributed by atoms with Gasteiger partial charge in [0.05, 0.1) is 5.52 Å². The van der Waals surface area contributed by atoms with Gasteiger partial charge in [-0.2, -0.15) is 4.98 Å². The van der Waals surface area contributed by atoms with Gasteiger partial charge in [0.25, 0.3) is 0 Å². The van der Waals surface area contributed by atoms with Gasteiger partial charge in [0.2, 0.25) is 11.9 Å². The second-order valence-corrected chi connectivity index (χ2v) is 9.60. The number of halogens is 2. The van der Waals surface area contributed by atoms with E-state index in [1.165, 1.54) is 6.07 Å². The van der Waals surface area contributed by atoms with Crippen LogP contribution in [0.1, 0.15) is 37.7 Å². The molecule has 4 rings (SSSR count). The lowest BCUT2D eigenvalue weighted by atomic mass is 9.82. The van der Waals surface area contributed by atoms with Crippen LogP contribution in [-0.2, 0) is 11.2 Å². The van der Waals surface area contributed by atoms with Crippen molar-refractivity contribution in [1.82, 2.24) is 15.3 Å². The molecule has 3 aromatic rings. The maximum atomic E-state index is 13.3. The summed E-state index contributed by atoms with van der Waals surface area (Å²) in [6, 6.07) is 11.8. The Labute approximate surface area is 205 Å². The van der Waals surface area contributed by atoms with Gasteiger partial charge in [-0.1, -0.05) is 18.2 Å². The summed E-state index contributed by atoms with van der Waals surface area (Å²) >= 11 is 0. The van der Waals surface area contributed by atoms with Gasteiger partial charge in [0.15, 0.2) is 11.6 Å². The number of benzene rings is 2. The lowest BCUT2D eigenvalue weighted by Gasteiger charge is -2.29. The van der Waals surface area contributed by atoms with Gasteiger partial charge >= 0.3 is 0 Å². The first-order chi connectivity index (χ1) is 16.9. The van der Waals surface area contributed by atoms with Gasteiger partial charge in [-0.05, 0) is 73.8 Å². The first kappa shape index (κ1) is 24.8. The highest BCUT2D eigenvalue weighted by atomic mass is 19.2. The van der Waals surface area contributed by atoms with E-state index in [4.69, 9.17) is 4.98 Å². The van der Waals surface area contributed by atoms with Crippen LogP contribution < -0.4 is 15.5 Å². The molecule has 0 atom stereocenters. The number of amides is 1. The summed E-state index contributed by atoms with van der Waals surface area (Å²) in [5.74, 6) is 0.782. The summed E-state index contributed by atoms with van der Waals surface area (Å²) < 4.78 is 26.3. The minimum atomic E-state index is -0.875. The predicted molar refractivity (Wildman–Crippen MR) is 135 cm³/mol. The van der Waals surface area contributed by atoms with Crippen LogP contribution in [0.15, 0.2) is 42.5 Å². The molecule has 186 valence electrons. The molecule has 0 bridgehead atoms. The maximum absolute atomic E-state index is 13.3. The Balaban J connectivity index is 1.19. The van der Waals surface area contributed by atoms with Crippen molar-refractivity contribution in [2.75, 3.05) is 37.4 Å². The largest absolute Gasteiger partial charge is 0.362 e. The number of anilines is 2. The van der Waals surface area contributed by atoms with Crippen LogP contribution in [0.25, 0.3) is 10.9 Å². The summed E-state index contributed by atoms with van der Waals surface area (Å²) in [5, 5.41) is 7.48. The summed E-state index contributed by atoms with van der Waals surface area (Å²) in [6.07, 6.45) is 4.99. The fourth-order valence-corrected chi connectivity index (χ4v) is 4.65. The lowest BCUT2D eigenvalue weighted by Crippen LogP contribution is -2.32. The third-order valence-electron chi connectivity index (χ3n) is 6.73. The second kappa shape index (κ2) is 11.4. The van der Waals surface area contributed by atoms with E-state index in [0.717, 1.165) is 61.1 Å². The van der Waals surface area contributed by atoms with Crippen molar-refractivity contribution in [3.8, 4) is 0 Å². The van der Waals surface area contributed by atoms with Crippen LogP contribution in [0.2, 0.25) is 0 Å². The number of rotatable bonds is 9. The number of hydrogen-bond acceptors (Lipinski definition) is 5. The zero-order valence-corrected chi connectivity index (χ0v) is 20.4. The Morgan fingerprint density at radius 1 is 0.971 bits per heavy atom. The van der Waals surface area contributed by atoms with Crippen molar-refractivity contribution in [1.29, 1.82) is 0 Å². The number of fused-ring (bicyclic) bond motifs is 1.